The molecule has 0 saturated heterocycles. The largest absolute Gasteiger partial charge is 0.489 e. The average Bonchev–Trinajstić information content (AvgIpc) is 2.96. The monoisotopic (exact) mass is 586 g/mol. The summed E-state index contributed by atoms with van der Waals surface area (Å²) in [5, 5.41) is 1.59. The van der Waals surface area contributed by atoms with Gasteiger partial charge in [-0.05, 0) is 79.1 Å². The van der Waals surface area contributed by atoms with Gasteiger partial charge in [0.25, 0.3) is 0 Å². The molecule has 6 nitrogen and oxygen atoms in total. The van der Waals surface area contributed by atoms with Crippen LogP contribution in [0.1, 0.15) is 22.3 Å². The maximum absolute atomic E-state index is 13.0. The van der Waals surface area contributed by atoms with E-state index >= 15 is 0 Å². The number of carbonyl (C=O) groups is 1. The summed E-state index contributed by atoms with van der Waals surface area (Å²) in [6.45, 7) is 4.07. The summed E-state index contributed by atoms with van der Waals surface area (Å²) in [6, 6.07) is 22.8. The molecule has 0 spiro atoms. The van der Waals surface area contributed by atoms with Gasteiger partial charge in [0.15, 0.2) is 0 Å². The first-order chi connectivity index (χ1) is 19.8. The Kier molecular flexibility index (Phi) is 8.43. The van der Waals surface area contributed by atoms with E-state index in [1.54, 1.807) is 30.3 Å². The van der Waals surface area contributed by atoms with Crippen LogP contribution < -0.4 is 19.6 Å². The summed E-state index contributed by atoms with van der Waals surface area (Å²) in [7, 11) is 0. The van der Waals surface area contributed by atoms with Gasteiger partial charge in [0, 0.05) is 27.8 Å². The molecule has 0 bridgehead atoms. The summed E-state index contributed by atoms with van der Waals surface area (Å²) in [6.07, 6.45) is 4.18. The highest BCUT2D eigenvalue weighted by Crippen LogP contribution is 2.29. The van der Waals surface area contributed by atoms with Gasteiger partial charge in [-0.15, -0.1) is 0 Å². The van der Waals surface area contributed by atoms with Crippen molar-refractivity contribution in [2.24, 2.45) is 0 Å². The molecule has 0 aliphatic carbocycles. The molecule has 1 aromatic heterocycles. The Labute approximate surface area is 246 Å². The second-order valence-corrected chi connectivity index (χ2v) is 10.0. The normalized spacial score (nSPS) is 11.1. The van der Waals surface area contributed by atoms with E-state index < -0.39 is 5.97 Å². The van der Waals surface area contributed by atoms with Crippen LogP contribution in [0.3, 0.4) is 0 Å². The third kappa shape index (κ3) is 6.80. The predicted octanol–water partition coefficient (Wildman–Crippen LogP) is 8.71. The summed E-state index contributed by atoms with van der Waals surface area (Å²) >= 11 is 12.4. The molecule has 5 rings (SSSR count). The molecule has 0 aliphatic heterocycles. The number of fused-ring (bicyclic) bond motifs is 1. The van der Waals surface area contributed by atoms with Crippen LogP contribution in [0.25, 0.3) is 17.0 Å². The molecule has 206 valence electrons. The van der Waals surface area contributed by atoms with E-state index in [9.17, 15) is 9.59 Å². The topological polar surface area (TPSA) is 75.0 Å². The standard InChI is InChI=1S/C33H24Cl2O6/c1-20-15-26(16-21(2)32(20)35)40-30-19-39-29-17-25(12-13-27(29)33(30)37)41-31(36)14-9-22-7-10-24(11-8-22)38-18-23-5-3-4-6-28(23)34/h3-17,19H,18H2,1-2H3/b14-9+. The lowest BCUT2D eigenvalue weighted by Gasteiger charge is -2.09. The van der Waals surface area contributed by atoms with Crippen molar-refractivity contribution >= 4 is 46.2 Å². The van der Waals surface area contributed by atoms with Crippen LogP contribution >= 0.6 is 23.2 Å². The minimum Gasteiger partial charge on any atom is -0.489 e. The molecule has 0 radical (unpaired) electrons. The third-order valence-electron chi connectivity index (χ3n) is 6.21. The molecule has 4 aromatic carbocycles. The van der Waals surface area contributed by atoms with Crippen molar-refractivity contribution in [1.82, 2.24) is 0 Å². The zero-order valence-corrected chi connectivity index (χ0v) is 23.7. The average molecular weight is 587 g/mol. The van der Waals surface area contributed by atoms with Gasteiger partial charge < -0.3 is 18.6 Å². The maximum atomic E-state index is 13.0. The van der Waals surface area contributed by atoms with Crippen molar-refractivity contribution in [3.05, 3.63) is 134 Å². The first-order valence-corrected chi connectivity index (χ1v) is 13.4. The fraction of sp³-hybridized carbons (Fsp3) is 0.0909. The number of aryl methyl sites for hydroxylation is 2. The number of rotatable bonds is 8. The van der Waals surface area contributed by atoms with Gasteiger partial charge in [0.05, 0.1) is 5.39 Å². The van der Waals surface area contributed by atoms with Crippen LogP contribution in [0.15, 0.2) is 100 Å². The summed E-state index contributed by atoms with van der Waals surface area (Å²) in [4.78, 5) is 25.4. The smallest absolute Gasteiger partial charge is 0.336 e. The lowest BCUT2D eigenvalue weighted by Crippen LogP contribution is -2.06. The number of benzene rings is 4. The first-order valence-electron chi connectivity index (χ1n) is 12.6. The zero-order chi connectivity index (χ0) is 28.9. The Balaban J connectivity index is 1.21. The second kappa shape index (κ2) is 12.3. The van der Waals surface area contributed by atoms with Crippen LogP contribution in [0.4, 0.5) is 0 Å². The number of ether oxygens (including phenoxy) is 3. The summed E-state index contributed by atoms with van der Waals surface area (Å²) in [5.74, 6) is 0.837. The lowest BCUT2D eigenvalue weighted by molar-refractivity contribution is -0.128. The molecule has 0 atom stereocenters. The third-order valence-corrected chi connectivity index (χ3v) is 7.18. The molecule has 1 heterocycles. The number of carbonyl (C=O) groups excluding carboxylic acids is 1. The van der Waals surface area contributed by atoms with E-state index in [4.69, 9.17) is 41.8 Å². The molecule has 0 N–H and O–H groups in total. The number of halogens is 2. The molecule has 5 aromatic rings. The van der Waals surface area contributed by atoms with E-state index in [2.05, 4.69) is 0 Å². The highest BCUT2D eigenvalue weighted by atomic mass is 35.5. The van der Waals surface area contributed by atoms with Crippen LogP contribution in [-0.2, 0) is 11.4 Å². The van der Waals surface area contributed by atoms with E-state index in [-0.39, 0.29) is 27.9 Å². The highest BCUT2D eigenvalue weighted by Gasteiger charge is 2.13. The number of hydrogen-bond donors (Lipinski definition) is 0. The number of esters is 1. The van der Waals surface area contributed by atoms with Gasteiger partial charge in [-0.3, -0.25) is 4.79 Å². The fourth-order valence-electron chi connectivity index (χ4n) is 4.08. The fourth-order valence-corrected chi connectivity index (χ4v) is 4.38. The van der Waals surface area contributed by atoms with Crippen molar-refractivity contribution < 1.29 is 23.4 Å². The van der Waals surface area contributed by atoms with E-state index in [1.165, 1.54) is 30.5 Å². The molecule has 0 saturated carbocycles. The van der Waals surface area contributed by atoms with E-state index in [1.807, 2.05) is 50.2 Å². The van der Waals surface area contributed by atoms with Crippen molar-refractivity contribution in [3.8, 4) is 23.0 Å². The lowest BCUT2D eigenvalue weighted by atomic mass is 10.1. The molecule has 41 heavy (non-hydrogen) atoms. The predicted molar refractivity (Wildman–Crippen MR) is 160 cm³/mol. The summed E-state index contributed by atoms with van der Waals surface area (Å²) < 4.78 is 22.6. The van der Waals surface area contributed by atoms with Gasteiger partial charge >= 0.3 is 5.97 Å². The van der Waals surface area contributed by atoms with Crippen LogP contribution in [0.5, 0.6) is 23.0 Å². The van der Waals surface area contributed by atoms with Crippen molar-refractivity contribution in [1.29, 1.82) is 0 Å². The summed E-state index contributed by atoms with van der Waals surface area (Å²) in [5.41, 5.74) is 3.26. The molecule has 0 aliphatic rings. The first kappa shape index (κ1) is 28.0. The van der Waals surface area contributed by atoms with Crippen molar-refractivity contribution in [2.45, 2.75) is 20.5 Å². The van der Waals surface area contributed by atoms with E-state index in [0.29, 0.717) is 28.2 Å². The molecular formula is C33H24Cl2O6. The Hall–Kier alpha value is -4.52. The number of hydrogen-bond acceptors (Lipinski definition) is 6. The Morgan fingerprint density at radius 3 is 2.32 bits per heavy atom. The van der Waals surface area contributed by atoms with Gasteiger partial charge in [0.2, 0.25) is 11.2 Å². The highest BCUT2D eigenvalue weighted by molar-refractivity contribution is 6.32. The SMILES string of the molecule is Cc1cc(Oc2coc3cc(OC(=O)/C=C/c4ccc(OCc5ccccc5Cl)cc4)ccc3c2=O)cc(C)c1Cl. The zero-order valence-electron chi connectivity index (χ0n) is 22.2. The van der Waals surface area contributed by atoms with Gasteiger partial charge in [-0.2, -0.15) is 0 Å². The van der Waals surface area contributed by atoms with Gasteiger partial charge in [0.1, 0.15) is 35.7 Å². The Morgan fingerprint density at radius 2 is 1.59 bits per heavy atom. The second-order valence-electron chi connectivity index (χ2n) is 9.26. The quantitative estimate of drug-likeness (QED) is 0.103. The molecule has 0 unspecified atom stereocenters. The Morgan fingerprint density at radius 1 is 0.878 bits per heavy atom. The van der Waals surface area contributed by atoms with E-state index in [0.717, 1.165) is 22.3 Å². The minimum absolute atomic E-state index is 0.0339. The molecule has 8 heteroatoms. The van der Waals surface area contributed by atoms with Crippen molar-refractivity contribution in [3.63, 3.8) is 0 Å². The molecule has 0 amide bonds. The molecular weight excluding hydrogens is 563 g/mol. The van der Waals surface area contributed by atoms with Gasteiger partial charge in [-0.25, -0.2) is 4.79 Å². The minimum atomic E-state index is -0.584. The maximum Gasteiger partial charge on any atom is 0.336 e. The molecule has 0 fully saturated rings. The van der Waals surface area contributed by atoms with Crippen LogP contribution in [0.2, 0.25) is 10.0 Å². The van der Waals surface area contributed by atoms with Crippen LogP contribution in [0, 0.1) is 13.8 Å². The van der Waals surface area contributed by atoms with Crippen molar-refractivity contribution in [2.75, 3.05) is 0 Å². The Bertz CT molecular complexity index is 1800. The van der Waals surface area contributed by atoms with Gasteiger partial charge in [-0.1, -0.05) is 53.5 Å². The van der Waals surface area contributed by atoms with Crippen LogP contribution in [-0.4, -0.2) is 5.97 Å².